The molecular weight excluding hydrogens is 244 g/mol. The van der Waals surface area contributed by atoms with Gasteiger partial charge in [-0.25, -0.2) is 0 Å². The minimum atomic E-state index is -0.200. The summed E-state index contributed by atoms with van der Waals surface area (Å²) >= 11 is 0. The fraction of sp³-hybridized carbons (Fsp3) is 0.429. The van der Waals surface area contributed by atoms with Crippen LogP contribution in [-0.2, 0) is 4.79 Å². The number of carbonyl (C=O) groups excluding carboxylic acids is 1. The number of nitriles is 1. The van der Waals surface area contributed by atoms with Gasteiger partial charge < -0.3 is 15.2 Å². The van der Waals surface area contributed by atoms with E-state index in [0.29, 0.717) is 24.3 Å². The molecule has 0 heterocycles. The molecule has 0 aliphatic carbocycles. The summed E-state index contributed by atoms with van der Waals surface area (Å²) in [5.74, 6) is 0.593. The normalized spacial score (nSPS) is 11.4. The van der Waals surface area contributed by atoms with Crippen LogP contribution in [0.25, 0.3) is 0 Å². The van der Waals surface area contributed by atoms with Crippen LogP contribution in [0.5, 0.6) is 5.75 Å². The Bertz CT molecular complexity index is 437. The first kappa shape index (κ1) is 15.0. The zero-order chi connectivity index (χ0) is 14.1. The number of hydrogen-bond donors (Lipinski definition) is 2. The Morgan fingerprint density at radius 3 is 2.74 bits per heavy atom. The molecule has 1 unspecified atom stereocenters. The second-order valence-electron chi connectivity index (χ2n) is 4.35. The van der Waals surface area contributed by atoms with Gasteiger partial charge in [-0.3, -0.25) is 4.79 Å². The number of ether oxygens (including phenoxy) is 1. The molecule has 0 aliphatic rings. The van der Waals surface area contributed by atoms with E-state index in [9.17, 15) is 4.79 Å². The van der Waals surface area contributed by atoms with Crippen molar-refractivity contribution < 1.29 is 14.6 Å². The quantitative estimate of drug-likeness (QED) is 0.770. The van der Waals surface area contributed by atoms with E-state index in [-0.39, 0.29) is 25.0 Å². The van der Waals surface area contributed by atoms with Gasteiger partial charge in [0.15, 0.2) is 6.61 Å². The Kier molecular flexibility index (Phi) is 6.41. The maximum absolute atomic E-state index is 11.5. The van der Waals surface area contributed by atoms with Crippen LogP contribution in [0, 0.1) is 17.2 Å². The smallest absolute Gasteiger partial charge is 0.257 e. The highest BCUT2D eigenvalue weighted by Gasteiger charge is 2.06. The number of benzene rings is 1. The fourth-order valence-corrected chi connectivity index (χ4v) is 1.44. The standard InChI is InChI=1S/C14H18N2O3/c1-11(6-7-17)9-16-14(18)10-19-13-4-2-12(8-15)3-5-13/h2-5,11,17H,6-7,9-10H2,1H3,(H,16,18). The second-order valence-corrected chi connectivity index (χ2v) is 4.35. The highest BCUT2D eigenvalue weighted by Crippen LogP contribution is 2.11. The molecule has 102 valence electrons. The Morgan fingerprint density at radius 1 is 1.47 bits per heavy atom. The monoisotopic (exact) mass is 262 g/mol. The molecule has 0 aliphatic heterocycles. The van der Waals surface area contributed by atoms with Crippen molar-refractivity contribution in [3.63, 3.8) is 0 Å². The van der Waals surface area contributed by atoms with Crippen molar-refractivity contribution in [2.45, 2.75) is 13.3 Å². The van der Waals surface area contributed by atoms with Crippen molar-refractivity contribution in [2.75, 3.05) is 19.8 Å². The maximum atomic E-state index is 11.5. The third kappa shape index (κ3) is 5.89. The molecule has 2 N–H and O–H groups in total. The van der Waals surface area contributed by atoms with Crippen LogP contribution in [0.2, 0.25) is 0 Å². The molecule has 0 aromatic heterocycles. The molecule has 1 aromatic carbocycles. The van der Waals surface area contributed by atoms with Gasteiger partial charge in [-0.15, -0.1) is 0 Å². The Labute approximate surface area is 112 Å². The Balaban J connectivity index is 2.28. The lowest BCUT2D eigenvalue weighted by Crippen LogP contribution is -2.32. The molecule has 1 rings (SSSR count). The van der Waals surface area contributed by atoms with E-state index < -0.39 is 0 Å². The van der Waals surface area contributed by atoms with Crippen LogP contribution >= 0.6 is 0 Å². The van der Waals surface area contributed by atoms with E-state index in [0.717, 1.165) is 0 Å². The molecule has 5 heteroatoms. The molecular formula is C14H18N2O3. The number of carbonyl (C=O) groups is 1. The number of hydrogen-bond acceptors (Lipinski definition) is 4. The number of amides is 1. The van der Waals surface area contributed by atoms with E-state index in [1.807, 2.05) is 13.0 Å². The average molecular weight is 262 g/mol. The summed E-state index contributed by atoms with van der Waals surface area (Å²) in [6.45, 7) is 2.55. The molecule has 0 bridgehead atoms. The summed E-state index contributed by atoms with van der Waals surface area (Å²) in [6.07, 6.45) is 0.663. The van der Waals surface area contributed by atoms with E-state index in [4.69, 9.17) is 15.1 Å². The summed E-state index contributed by atoms with van der Waals surface area (Å²) in [7, 11) is 0. The van der Waals surface area contributed by atoms with Crippen LogP contribution in [-0.4, -0.2) is 30.8 Å². The van der Waals surface area contributed by atoms with Crippen molar-refractivity contribution in [3.8, 4) is 11.8 Å². The Morgan fingerprint density at radius 2 is 2.16 bits per heavy atom. The zero-order valence-electron chi connectivity index (χ0n) is 10.9. The van der Waals surface area contributed by atoms with Gasteiger partial charge in [0.1, 0.15) is 5.75 Å². The average Bonchev–Trinajstić information content (AvgIpc) is 2.44. The molecule has 19 heavy (non-hydrogen) atoms. The number of aliphatic hydroxyl groups excluding tert-OH is 1. The molecule has 5 nitrogen and oxygen atoms in total. The van der Waals surface area contributed by atoms with Crippen LogP contribution in [0.4, 0.5) is 0 Å². The fourth-order valence-electron chi connectivity index (χ4n) is 1.44. The number of aliphatic hydroxyl groups is 1. The summed E-state index contributed by atoms with van der Waals surface area (Å²) in [4.78, 5) is 11.5. The van der Waals surface area contributed by atoms with Gasteiger partial charge in [0.05, 0.1) is 11.6 Å². The third-order valence-electron chi connectivity index (χ3n) is 2.62. The predicted molar refractivity (Wildman–Crippen MR) is 70.5 cm³/mol. The van der Waals surface area contributed by atoms with Gasteiger partial charge in [-0.1, -0.05) is 6.92 Å². The van der Waals surface area contributed by atoms with Crippen molar-refractivity contribution in [1.82, 2.24) is 5.32 Å². The predicted octanol–water partition coefficient (Wildman–Crippen LogP) is 1.07. The first-order valence-corrected chi connectivity index (χ1v) is 6.16. The van der Waals surface area contributed by atoms with E-state index in [2.05, 4.69) is 5.32 Å². The maximum Gasteiger partial charge on any atom is 0.257 e. The highest BCUT2D eigenvalue weighted by molar-refractivity contribution is 5.77. The molecule has 1 aromatic rings. The largest absolute Gasteiger partial charge is 0.484 e. The van der Waals surface area contributed by atoms with Crippen LogP contribution in [0.3, 0.4) is 0 Å². The first-order valence-electron chi connectivity index (χ1n) is 6.16. The Hall–Kier alpha value is -2.06. The van der Waals surface area contributed by atoms with Gasteiger partial charge >= 0.3 is 0 Å². The number of nitrogens with zero attached hydrogens (tertiary/aromatic N) is 1. The van der Waals surface area contributed by atoms with Crippen molar-refractivity contribution in [2.24, 2.45) is 5.92 Å². The first-order chi connectivity index (χ1) is 9.15. The van der Waals surface area contributed by atoms with Crippen molar-refractivity contribution in [3.05, 3.63) is 29.8 Å². The van der Waals surface area contributed by atoms with Gasteiger partial charge in [-0.05, 0) is 36.6 Å². The highest BCUT2D eigenvalue weighted by atomic mass is 16.5. The van der Waals surface area contributed by atoms with Crippen LogP contribution < -0.4 is 10.1 Å². The second kappa shape index (κ2) is 8.11. The van der Waals surface area contributed by atoms with Gasteiger partial charge in [0, 0.05) is 13.2 Å². The zero-order valence-corrected chi connectivity index (χ0v) is 10.9. The summed E-state index contributed by atoms with van der Waals surface area (Å²) < 4.78 is 5.29. The topological polar surface area (TPSA) is 82.3 Å². The van der Waals surface area contributed by atoms with Gasteiger partial charge in [-0.2, -0.15) is 5.26 Å². The minimum absolute atomic E-state index is 0.0578. The molecule has 0 saturated carbocycles. The van der Waals surface area contributed by atoms with Crippen molar-refractivity contribution in [1.29, 1.82) is 5.26 Å². The summed E-state index contributed by atoms with van der Waals surface area (Å²) in [5.41, 5.74) is 0.551. The lowest BCUT2D eigenvalue weighted by atomic mass is 10.1. The van der Waals surface area contributed by atoms with E-state index >= 15 is 0 Å². The van der Waals surface area contributed by atoms with Gasteiger partial charge in [0.2, 0.25) is 0 Å². The molecule has 1 amide bonds. The molecule has 0 spiro atoms. The molecule has 0 radical (unpaired) electrons. The van der Waals surface area contributed by atoms with Crippen LogP contribution in [0.15, 0.2) is 24.3 Å². The van der Waals surface area contributed by atoms with Gasteiger partial charge in [0.25, 0.3) is 5.91 Å². The molecule has 1 atom stereocenters. The lowest BCUT2D eigenvalue weighted by Gasteiger charge is -2.11. The van der Waals surface area contributed by atoms with E-state index in [1.165, 1.54) is 0 Å². The number of nitrogens with one attached hydrogen (secondary N) is 1. The lowest BCUT2D eigenvalue weighted by molar-refractivity contribution is -0.123. The minimum Gasteiger partial charge on any atom is -0.484 e. The SMILES string of the molecule is CC(CCO)CNC(=O)COc1ccc(C#N)cc1. The summed E-state index contributed by atoms with van der Waals surface area (Å²) in [6, 6.07) is 8.59. The van der Waals surface area contributed by atoms with E-state index in [1.54, 1.807) is 24.3 Å². The van der Waals surface area contributed by atoms with Crippen LogP contribution in [0.1, 0.15) is 18.9 Å². The third-order valence-corrected chi connectivity index (χ3v) is 2.62. The molecule has 0 fully saturated rings. The summed E-state index contributed by atoms with van der Waals surface area (Å²) in [5, 5.41) is 20.1. The van der Waals surface area contributed by atoms with Crippen molar-refractivity contribution >= 4 is 5.91 Å². The molecule has 0 saturated heterocycles. The number of rotatable bonds is 7.